The van der Waals surface area contributed by atoms with Crippen LogP contribution in [-0.2, 0) is 17.8 Å². The van der Waals surface area contributed by atoms with Crippen LogP contribution in [0.4, 0.5) is 8.78 Å². The number of halogens is 2. The first kappa shape index (κ1) is 19.8. The number of pyridine rings is 1. The summed E-state index contributed by atoms with van der Waals surface area (Å²) in [6.45, 7) is 5.53. The number of rotatable bonds is 7. The first-order chi connectivity index (χ1) is 13.5. The molecule has 0 saturated carbocycles. The molecule has 0 atom stereocenters. The Morgan fingerprint density at radius 2 is 1.93 bits per heavy atom. The summed E-state index contributed by atoms with van der Waals surface area (Å²) in [6.07, 6.45) is 3.16. The van der Waals surface area contributed by atoms with Crippen molar-refractivity contribution < 1.29 is 23.0 Å². The van der Waals surface area contributed by atoms with Crippen LogP contribution in [0.3, 0.4) is 0 Å². The largest absolute Gasteiger partial charge is 0.485 e. The third-order valence-corrected chi connectivity index (χ3v) is 4.28. The van der Waals surface area contributed by atoms with Gasteiger partial charge in [-0.1, -0.05) is 19.4 Å². The van der Waals surface area contributed by atoms with E-state index in [-0.39, 0.29) is 18.8 Å². The fraction of sp³-hybridized carbons (Fsp3) is 0.333. The normalized spacial score (nSPS) is 11.0. The molecule has 2 aromatic heterocycles. The molecule has 2 heterocycles. The van der Waals surface area contributed by atoms with Gasteiger partial charge in [0.25, 0.3) is 0 Å². The van der Waals surface area contributed by atoms with E-state index in [4.69, 9.17) is 9.47 Å². The predicted molar refractivity (Wildman–Crippen MR) is 101 cm³/mol. The van der Waals surface area contributed by atoms with Crippen molar-refractivity contribution in [1.82, 2.24) is 9.38 Å². The highest BCUT2D eigenvalue weighted by atomic mass is 19.1. The molecule has 0 radical (unpaired) electrons. The van der Waals surface area contributed by atoms with Crippen molar-refractivity contribution in [2.75, 3.05) is 6.61 Å². The number of imidazole rings is 1. The Hall–Kier alpha value is -2.96. The summed E-state index contributed by atoms with van der Waals surface area (Å²) >= 11 is 0. The summed E-state index contributed by atoms with van der Waals surface area (Å²) in [5.41, 5.74) is 2.02. The summed E-state index contributed by atoms with van der Waals surface area (Å²) in [6, 6.07) is 5.39. The third-order valence-electron chi connectivity index (χ3n) is 4.28. The molecule has 0 aliphatic carbocycles. The molecule has 0 saturated heterocycles. The fourth-order valence-electron chi connectivity index (χ4n) is 3.04. The SMILES string of the molecule is CCCc1nc2c(OCc3c(F)cccc3F)cc(C)cn2c1C(=O)OCC. The summed E-state index contributed by atoms with van der Waals surface area (Å²) in [4.78, 5) is 17.0. The number of hydrogen-bond acceptors (Lipinski definition) is 4. The van der Waals surface area contributed by atoms with E-state index in [0.29, 0.717) is 29.2 Å². The Morgan fingerprint density at radius 1 is 1.21 bits per heavy atom. The van der Waals surface area contributed by atoms with Gasteiger partial charge in [0.05, 0.1) is 17.9 Å². The van der Waals surface area contributed by atoms with E-state index in [9.17, 15) is 13.6 Å². The van der Waals surface area contributed by atoms with Gasteiger partial charge >= 0.3 is 5.97 Å². The number of aromatic nitrogens is 2. The van der Waals surface area contributed by atoms with Gasteiger partial charge in [0, 0.05) is 6.20 Å². The van der Waals surface area contributed by atoms with Gasteiger partial charge in [0.1, 0.15) is 18.2 Å². The maximum atomic E-state index is 13.9. The van der Waals surface area contributed by atoms with E-state index in [2.05, 4.69) is 4.98 Å². The Kier molecular flexibility index (Phi) is 5.92. The van der Waals surface area contributed by atoms with Gasteiger partial charge in [-0.05, 0) is 44.0 Å². The molecule has 0 unspecified atom stereocenters. The van der Waals surface area contributed by atoms with Gasteiger partial charge in [-0.15, -0.1) is 0 Å². The second-order valence-electron chi connectivity index (χ2n) is 6.44. The van der Waals surface area contributed by atoms with E-state index < -0.39 is 17.6 Å². The van der Waals surface area contributed by atoms with E-state index in [1.807, 2.05) is 13.8 Å². The molecule has 0 N–H and O–H groups in total. The molecule has 3 aromatic rings. The fourth-order valence-corrected chi connectivity index (χ4v) is 3.04. The Labute approximate surface area is 161 Å². The van der Waals surface area contributed by atoms with E-state index in [0.717, 1.165) is 12.0 Å². The van der Waals surface area contributed by atoms with Crippen molar-refractivity contribution in [3.63, 3.8) is 0 Å². The highest BCUT2D eigenvalue weighted by Crippen LogP contribution is 2.27. The minimum Gasteiger partial charge on any atom is -0.485 e. The minimum atomic E-state index is -0.675. The molecular weight excluding hydrogens is 366 g/mol. The minimum absolute atomic E-state index is 0.159. The highest BCUT2D eigenvalue weighted by molar-refractivity contribution is 5.90. The lowest BCUT2D eigenvalue weighted by Gasteiger charge is -2.11. The predicted octanol–water partition coefficient (Wildman–Crippen LogP) is 4.63. The third kappa shape index (κ3) is 3.83. The van der Waals surface area contributed by atoms with Crippen LogP contribution in [0.5, 0.6) is 5.75 Å². The molecule has 28 heavy (non-hydrogen) atoms. The number of benzene rings is 1. The standard InChI is InChI=1S/C21H22F2N2O3/c1-4-7-17-19(21(26)27-5-2)25-11-13(3)10-18(20(25)24-17)28-12-14-15(22)8-6-9-16(14)23/h6,8-11H,4-5,7,12H2,1-3H3. The number of hydrogen-bond donors (Lipinski definition) is 0. The van der Waals surface area contributed by atoms with Crippen molar-refractivity contribution in [2.24, 2.45) is 0 Å². The molecule has 0 fully saturated rings. The van der Waals surface area contributed by atoms with Gasteiger partial charge in [-0.3, -0.25) is 4.40 Å². The Bertz CT molecular complexity index is 994. The molecule has 3 rings (SSSR count). The number of ether oxygens (including phenoxy) is 2. The summed E-state index contributed by atoms with van der Waals surface area (Å²) < 4.78 is 40.3. The van der Waals surface area contributed by atoms with Crippen molar-refractivity contribution >= 4 is 11.6 Å². The molecule has 0 aliphatic heterocycles. The average Bonchev–Trinajstić information content (AvgIpc) is 2.99. The summed E-state index contributed by atoms with van der Waals surface area (Å²) in [7, 11) is 0. The number of fused-ring (bicyclic) bond motifs is 1. The molecule has 0 bridgehead atoms. The van der Waals surface area contributed by atoms with Gasteiger partial charge in [0.15, 0.2) is 17.1 Å². The molecule has 1 aromatic carbocycles. The van der Waals surface area contributed by atoms with Gasteiger partial charge in [-0.2, -0.15) is 0 Å². The maximum absolute atomic E-state index is 13.9. The molecule has 5 nitrogen and oxygen atoms in total. The first-order valence-electron chi connectivity index (χ1n) is 9.20. The van der Waals surface area contributed by atoms with Crippen LogP contribution >= 0.6 is 0 Å². The number of esters is 1. The molecule has 0 aliphatic rings. The van der Waals surface area contributed by atoms with Gasteiger partial charge < -0.3 is 9.47 Å². The van der Waals surface area contributed by atoms with E-state index in [1.165, 1.54) is 18.2 Å². The number of carbonyl (C=O) groups is 1. The van der Waals surface area contributed by atoms with Gasteiger partial charge in [-0.25, -0.2) is 18.6 Å². The average molecular weight is 388 g/mol. The van der Waals surface area contributed by atoms with Crippen LogP contribution in [-0.4, -0.2) is 22.0 Å². The van der Waals surface area contributed by atoms with Gasteiger partial charge in [0.2, 0.25) is 0 Å². The van der Waals surface area contributed by atoms with Crippen LogP contribution in [0.1, 0.15) is 47.6 Å². The molecule has 0 amide bonds. The van der Waals surface area contributed by atoms with Crippen molar-refractivity contribution in [3.05, 3.63) is 64.6 Å². The molecular formula is C21H22F2N2O3. The van der Waals surface area contributed by atoms with Crippen molar-refractivity contribution in [1.29, 1.82) is 0 Å². The summed E-state index contributed by atoms with van der Waals surface area (Å²) in [5.74, 6) is -1.47. The number of carbonyl (C=O) groups excluding carboxylic acids is 1. The summed E-state index contributed by atoms with van der Waals surface area (Å²) in [5, 5.41) is 0. The molecule has 7 heteroatoms. The lowest BCUT2D eigenvalue weighted by molar-refractivity contribution is 0.0517. The van der Waals surface area contributed by atoms with Crippen LogP contribution in [0.25, 0.3) is 5.65 Å². The molecule has 0 spiro atoms. The smallest absolute Gasteiger partial charge is 0.357 e. The lowest BCUT2D eigenvalue weighted by atomic mass is 10.2. The van der Waals surface area contributed by atoms with E-state index >= 15 is 0 Å². The second kappa shape index (κ2) is 8.37. The van der Waals surface area contributed by atoms with Crippen molar-refractivity contribution in [3.8, 4) is 5.75 Å². The zero-order valence-electron chi connectivity index (χ0n) is 16.1. The van der Waals surface area contributed by atoms with Crippen molar-refractivity contribution in [2.45, 2.75) is 40.2 Å². The Morgan fingerprint density at radius 3 is 2.57 bits per heavy atom. The number of nitrogens with zero attached hydrogens (tertiary/aromatic N) is 2. The van der Waals surface area contributed by atoms with Crippen LogP contribution in [0.2, 0.25) is 0 Å². The molecule has 148 valence electrons. The maximum Gasteiger partial charge on any atom is 0.357 e. The first-order valence-corrected chi connectivity index (χ1v) is 9.20. The van der Waals surface area contributed by atoms with Crippen LogP contribution < -0.4 is 4.74 Å². The van der Waals surface area contributed by atoms with E-state index in [1.54, 1.807) is 23.6 Å². The quantitative estimate of drug-likeness (QED) is 0.554. The second-order valence-corrected chi connectivity index (χ2v) is 6.44. The monoisotopic (exact) mass is 388 g/mol. The zero-order valence-corrected chi connectivity index (χ0v) is 16.1. The highest BCUT2D eigenvalue weighted by Gasteiger charge is 2.22. The van der Waals surface area contributed by atoms with Crippen LogP contribution in [0.15, 0.2) is 30.5 Å². The number of aryl methyl sites for hydroxylation is 2. The lowest BCUT2D eigenvalue weighted by Crippen LogP contribution is -2.11. The Balaban J connectivity index is 2.05. The topological polar surface area (TPSA) is 52.8 Å². The zero-order chi connectivity index (χ0) is 20.3. The van der Waals surface area contributed by atoms with Crippen LogP contribution in [0, 0.1) is 18.6 Å².